The van der Waals surface area contributed by atoms with Crippen LogP contribution < -0.4 is 0 Å². The Labute approximate surface area is 103 Å². The smallest absolute Gasteiger partial charge is 0.307 e. The van der Waals surface area contributed by atoms with Gasteiger partial charge < -0.3 is 5.11 Å². The van der Waals surface area contributed by atoms with E-state index >= 15 is 0 Å². The molecule has 0 spiro atoms. The van der Waals surface area contributed by atoms with Gasteiger partial charge in [-0.1, -0.05) is 52.0 Å². The van der Waals surface area contributed by atoms with Gasteiger partial charge in [-0.05, 0) is 22.5 Å². The molecule has 1 aliphatic carbocycles. The summed E-state index contributed by atoms with van der Waals surface area (Å²) in [5.74, 6) is -0.215. The van der Waals surface area contributed by atoms with E-state index < -0.39 is 5.97 Å². The number of hydrogen-bond donors (Lipinski definition) is 1. The summed E-state index contributed by atoms with van der Waals surface area (Å²) in [4.78, 5) is 11.1. The molecule has 1 aromatic rings. The minimum absolute atomic E-state index is 0.106. The van der Waals surface area contributed by atoms with Crippen molar-refractivity contribution in [3.05, 3.63) is 35.4 Å². The Balaban J connectivity index is 2.23. The predicted octanol–water partition coefficient (Wildman–Crippen LogP) is 3.63. The number of benzene rings is 1. The lowest BCUT2D eigenvalue weighted by Crippen LogP contribution is -2.03. The SMILES string of the molecule is CC(C)c1ccc([C@@H]2[C@@H](C(=O)O)C2(C)C)cc1. The van der Waals surface area contributed by atoms with E-state index in [1.54, 1.807) is 0 Å². The number of carbonyl (C=O) groups is 1. The van der Waals surface area contributed by atoms with Gasteiger partial charge in [-0.2, -0.15) is 0 Å². The van der Waals surface area contributed by atoms with E-state index in [-0.39, 0.29) is 17.3 Å². The number of hydrogen-bond acceptors (Lipinski definition) is 1. The topological polar surface area (TPSA) is 37.3 Å². The van der Waals surface area contributed by atoms with E-state index in [2.05, 4.69) is 38.1 Å². The Hall–Kier alpha value is -1.31. The molecule has 2 heteroatoms. The van der Waals surface area contributed by atoms with E-state index in [9.17, 15) is 4.79 Å². The average molecular weight is 232 g/mol. The maximum Gasteiger partial charge on any atom is 0.307 e. The molecule has 0 saturated heterocycles. The second kappa shape index (κ2) is 3.86. The van der Waals surface area contributed by atoms with Crippen molar-refractivity contribution < 1.29 is 9.90 Å². The maximum absolute atomic E-state index is 11.1. The zero-order valence-corrected chi connectivity index (χ0v) is 10.9. The van der Waals surface area contributed by atoms with E-state index in [4.69, 9.17) is 5.11 Å². The van der Waals surface area contributed by atoms with Crippen molar-refractivity contribution in [1.82, 2.24) is 0 Å². The molecular formula is C15H20O2. The van der Waals surface area contributed by atoms with Gasteiger partial charge in [0.05, 0.1) is 5.92 Å². The van der Waals surface area contributed by atoms with Crippen LogP contribution in [0.3, 0.4) is 0 Å². The molecule has 1 saturated carbocycles. The minimum atomic E-state index is -0.673. The van der Waals surface area contributed by atoms with Crippen LogP contribution in [-0.2, 0) is 4.79 Å². The standard InChI is InChI=1S/C15H20O2/c1-9(2)10-5-7-11(8-6-10)12-13(14(16)17)15(12,3)4/h5-9,12-13H,1-4H3,(H,16,17)/t12-,13+/m1/s1. The molecule has 1 N–H and O–H groups in total. The molecule has 2 nitrogen and oxygen atoms in total. The molecule has 1 aromatic carbocycles. The highest BCUT2D eigenvalue weighted by Crippen LogP contribution is 2.64. The molecule has 0 unspecified atom stereocenters. The van der Waals surface area contributed by atoms with Crippen LogP contribution in [0.1, 0.15) is 50.7 Å². The van der Waals surface area contributed by atoms with Crippen molar-refractivity contribution in [3.63, 3.8) is 0 Å². The highest BCUT2D eigenvalue weighted by atomic mass is 16.4. The van der Waals surface area contributed by atoms with Gasteiger partial charge in [0.15, 0.2) is 0 Å². The van der Waals surface area contributed by atoms with Crippen LogP contribution in [0.15, 0.2) is 24.3 Å². The third-order valence-electron chi connectivity index (χ3n) is 4.06. The van der Waals surface area contributed by atoms with Crippen molar-refractivity contribution in [2.45, 2.75) is 39.5 Å². The summed E-state index contributed by atoms with van der Waals surface area (Å²) in [6.45, 7) is 8.39. The first-order chi connectivity index (χ1) is 7.85. The average Bonchev–Trinajstić information content (AvgIpc) is 2.82. The zero-order valence-electron chi connectivity index (χ0n) is 10.9. The molecule has 1 aliphatic rings. The van der Waals surface area contributed by atoms with Crippen molar-refractivity contribution in [2.75, 3.05) is 0 Å². The molecule has 17 heavy (non-hydrogen) atoms. The summed E-state index contributed by atoms with van der Waals surface area (Å²) in [7, 11) is 0. The highest BCUT2D eigenvalue weighted by Gasteiger charge is 2.62. The first kappa shape index (κ1) is 12.2. The normalized spacial score (nSPS) is 25.9. The van der Waals surface area contributed by atoms with Gasteiger partial charge in [0, 0.05) is 5.92 Å². The summed E-state index contributed by atoms with van der Waals surface area (Å²) in [6, 6.07) is 8.41. The fraction of sp³-hybridized carbons (Fsp3) is 0.533. The molecule has 1 fully saturated rings. The number of rotatable bonds is 3. The van der Waals surface area contributed by atoms with E-state index in [1.165, 1.54) is 5.56 Å². The van der Waals surface area contributed by atoms with Crippen molar-refractivity contribution in [1.29, 1.82) is 0 Å². The molecule has 0 aromatic heterocycles. The predicted molar refractivity (Wildman–Crippen MR) is 68.2 cm³/mol. The second-order valence-electron chi connectivity index (χ2n) is 5.94. The monoisotopic (exact) mass is 232 g/mol. The second-order valence-corrected chi connectivity index (χ2v) is 5.94. The number of carboxylic acids is 1. The molecule has 92 valence electrons. The molecule has 0 amide bonds. The lowest BCUT2D eigenvalue weighted by atomic mass is 9.98. The van der Waals surface area contributed by atoms with Gasteiger partial charge in [0.25, 0.3) is 0 Å². The van der Waals surface area contributed by atoms with Crippen LogP contribution >= 0.6 is 0 Å². The fourth-order valence-electron chi connectivity index (χ4n) is 2.81. The Morgan fingerprint density at radius 2 is 1.76 bits per heavy atom. The van der Waals surface area contributed by atoms with Gasteiger partial charge in [-0.25, -0.2) is 0 Å². The third-order valence-corrected chi connectivity index (χ3v) is 4.06. The Morgan fingerprint density at radius 1 is 1.24 bits per heavy atom. The van der Waals surface area contributed by atoms with Gasteiger partial charge >= 0.3 is 5.97 Å². The fourth-order valence-corrected chi connectivity index (χ4v) is 2.81. The first-order valence-corrected chi connectivity index (χ1v) is 6.18. The van der Waals surface area contributed by atoms with Gasteiger partial charge in [-0.3, -0.25) is 4.79 Å². The molecule has 0 aliphatic heterocycles. The van der Waals surface area contributed by atoms with Crippen LogP contribution in [0, 0.1) is 11.3 Å². The largest absolute Gasteiger partial charge is 0.481 e. The Kier molecular flexibility index (Phi) is 2.76. The third kappa shape index (κ3) is 1.97. The summed E-state index contributed by atoms with van der Waals surface area (Å²) in [5, 5.41) is 9.16. The van der Waals surface area contributed by atoms with E-state index in [0.29, 0.717) is 5.92 Å². The van der Waals surface area contributed by atoms with Crippen molar-refractivity contribution in [2.24, 2.45) is 11.3 Å². The zero-order chi connectivity index (χ0) is 12.8. The molecule has 2 atom stereocenters. The molecule has 2 rings (SSSR count). The summed E-state index contributed by atoms with van der Waals surface area (Å²) in [5.41, 5.74) is 2.36. The maximum atomic E-state index is 11.1. The highest BCUT2D eigenvalue weighted by molar-refractivity contribution is 5.77. The molecule has 0 heterocycles. The van der Waals surface area contributed by atoms with Gasteiger partial charge in [0.1, 0.15) is 0 Å². The summed E-state index contributed by atoms with van der Waals surface area (Å²) in [6.07, 6.45) is 0. The Bertz CT molecular complexity index is 429. The minimum Gasteiger partial charge on any atom is -0.481 e. The van der Waals surface area contributed by atoms with E-state index in [1.807, 2.05) is 13.8 Å². The molecular weight excluding hydrogens is 212 g/mol. The lowest BCUT2D eigenvalue weighted by Gasteiger charge is -2.07. The van der Waals surface area contributed by atoms with Crippen LogP contribution in [0.25, 0.3) is 0 Å². The summed E-state index contributed by atoms with van der Waals surface area (Å²) >= 11 is 0. The quantitative estimate of drug-likeness (QED) is 0.864. The molecule has 0 bridgehead atoms. The Morgan fingerprint density at radius 3 is 2.12 bits per heavy atom. The first-order valence-electron chi connectivity index (χ1n) is 6.18. The van der Waals surface area contributed by atoms with Crippen molar-refractivity contribution in [3.8, 4) is 0 Å². The van der Waals surface area contributed by atoms with Crippen LogP contribution in [0.2, 0.25) is 0 Å². The lowest BCUT2D eigenvalue weighted by molar-refractivity contribution is -0.139. The van der Waals surface area contributed by atoms with Gasteiger partial charge in [-0.15, -0.1) is 0 Å². The summed E-state index contributed by atoms with van der Waals surface area (Å²) < 4.78 is 0. The molecule has 0 radical (unpaired) electrons. The number of aliphatic carboxylic acids is 1. The number of carboxylic acid groups (broad SMARTS) is 1. The van der Waals surface area contributed by atoms with Crippen LogP contribution in [0.4, 0.5) is 0 Å². The van der Waals surface area contributed by atoms with Gasteiger partial charge in [0.2, 0.25) is 0 Å². The van der Waals surface area contributed by atoms with Crippen LogP contribution in [0.5, 0.6) is 0 Å². The van der Waals surface area contributed by atoms with E-state index in [0.717, 1.165) is 5.56 Å². The van der Waals surface area contributed by atoms with Crippen molar-refractivity contribution >= 4 is 5.97 Å². The van der Waals surface area contributed by atoms with Crippen LogP contribution in [-0.4, -0.2) is 11.1 Å².